The van der Waals surface area contributed by atoms with Crippen LogP contribution in [0.3, 0.4) is 0 Å². The summed E-state index contributed by atoms with van der Waals surface area (Å²) in [5.41, 5.74) is 2.72. The third-order valence-electron chi connectivity index (χ3n) is 4.74. The van der Waals surface area contributed by atoms with Crippen molar-refractivity contribution in [3.8, 4) is 0 Å². The van der Waals surface area contributed by atoms with Gasteiger partial charge in [0.1, 0.15) is 0 Å². The molecule has 0 aromatic heterocycles. The van der Waals surface area contributed by atoms with Crippen molar-refractivity contribution in [1.29, 1.82) is 0 Å². The quantitative estimate of drug-likeness (QED) is 0.913. The molecule has 1 N–H and O–H groups in total. The molecule has 1 aliphatic carbocycles. The lowest BCUT2D eigenvalue weighted by molar-refractivity contribution is 0.122. The number of rotatable bonds is 4. The van der Waals surface area contributed by atoms with E-state index in [1.54, 1.807) is 0 Å². The molecule has 1 saturated carbocycles. The number of ether oxygens (including phenoxy) is 1. The van der Waals surface area contributed by atoms with Crippen molar-refractivity contribution >= 4 is 5.69 Å². The van der Waals surface area contributed by atoms with Gasteiger partial charge in [0.05, 0.1) is 13.2 Å². The zero-order chi connectivity index (χ0) is 13.8. The molecule has 1 aliphatic heterocycles. The summed E-state index contributed by atoms with van der Waals surface area (Å²) >= 11 is 0. The van der Waals surface area contributed by atoms with E-state index in [1.807, 2.05) is 0 Å². The Hall–Kier alpha value is -1.06. The minimum atomic E-state index is 0.717. The van der Waals surface area contributed by atoms with Crippen LogP contribution < -0.4 is 10.2 Å². The molecule has 3 rings (SSSR count). The summed E-state index contributed by atoms with van der Waals surface area (Å²) in [5, 5.41) is 3.71. The third-order valence-corrected chi connectivity index (χ3v) is 4.74. The van der Waals surface area contributed by atoms with Gasteiger partial charge < -0.3 is 15.0 Å². The first-order valence-corrected chi connectivity index (χ1v) is 7.98. The Bertz CT molecular complexity index is 412. The van der Waals surface area contributed by atoms with Crippen molar-refractivity contribution in [2.75, 3.05) is 31.2 Å². The van der Waals surface area contributed by atoms with Gasteiger partial charge >= 0.3 is 0 Å². The van der Waals surface area contributed by atoms with Crippen LogP contribution in [-0.4, -0.2) is 32.3 Å². The van der Waals surface area contributed by atoms with Crippen molar-refractivity contribution < 1.29 is 4.74 Å². The molecule has 20 heavy (non-hydrogen) atoms. The largest absolute Gasteiger partial charge is 0.378 e. The Morgan fingerprint density at radius 1 is 1.15 bits per heavy atom. The first kappa shape index (κ1) is 13.9. The number of hydrogen-bond donors (Lipinski definition) is 1. The zero-order valence-electron chi connectivity index (χ0n) is 12.5. The molecular weight excluding hydrogens is 248 g/mol. The number of nitrogens with one attached hydrogen (secondary N) is 1. The van der Waals surface area contributed by atoms with E-state index < -0.39 is 0 Å². The topological polar surface area (TPSA) is 24.5 Å². The van der Waals surface area contributed by atoms with Gasteiger partial charge in [-0.05, 0) is 36.5 Å². The SMILES string of the molecule is CC1CCCC1NCc1ccc(N2CCOCC2)cc1. The van der Waals surface area contributed by atoms with Crippen LogP contribution in [-0.2, 0) is 11.3 Å². The highest BCUT2D eigenvalue weighted by Gasteiger charge is 2.22. The van der Waals surface area contributed by atoms with E-state index in [1.165, 1.54) is 30.5 Å². The number of anilines is 1. The molecule has 0 amide bonds. The predicted molar refractivity (Wildman–Crippen MR) is 83.1 cm³/mol. The van der Waals surface area contributed by atoms with Gasteiger partial charge in [0.15, 0.2) is 0 Å². The van der Waals surface area contributed by atoms with E-state index in [-0.39, 0.29) is 0 Å². The maximum atomic E-state index is 5.40. The smallest absolute Gasteiger partial charge is 0.0642 e. The molecule has 1 aromatic rings. The first-order valence-electron chi connectivity index (χ1n) is 7.98. The highest BCUT2D eigenvalue weighted by molar-refractivity contribution is 5.47. The molecule has 2 aliphatic rings. The molecule has 3 nitrogen and oxygen atoms in total. The second kappa shape index (κ2) is 6.59. The highest BCUT2D eigenvalue weighted by atomic mass is 16.5. The maximum absolute atomic E-state index is 5.40. The van der Waals surface area contributed by atoms with Crippen LogP contribution in [0.25, 0.3) is 0 Å². The summed E-state index contributed by atoms with van der Waals surface area (Å²) in [7, 11) is 0. The maximum Gasteiger partial charge on any atom is 0.0642 e. The lowest BCUT2D eigenvalue weighted by atomic mass is 10.1. The minimum absolute atomic E-state index is 0.717. The number of morpholine rings is 1. The summed E-state index contributed by atoms with van der Waals surface area (Å²) in [4.78, 5) is 2.40. The predicted octanol–water partition coefficient (Wildman–Crippen LogP) is 2.80. The number of hydrogen-bond acceptors (Lipinski definition) is 3. The summed E-state index contributed by atoms with van der Waals surface area (Å²) < 4.78 is 5.40. The fraction of sp³-hybridized carbons (Fsp3) is 0.647. The number of nitrogens with zero attached hydrogens (tertiary/aromatic N) is 1. The summed E-state index contributed by atoms with van der Waals surface area (Å²) in [6, 6.07) is 9.74. The van der Waals surface area contributed by atoms with Crippen LogP contribution in [0.15, 0.2) is 24.3 Å². The van der Waals surface area contributed by atoms with Crippen LogP contribution in [0.1, 0.15) is 31.7 Å². The van der Waals surface area contributed by atoms with E-state index in [4.69, 9.17) is 4.74 Å². The first-order chi connectivity index (χ1) is 9.83. The van der Waals surface area contributed by atoms with E-state index in [0.717, 1.165) is 38.8 Å². The fourth-order valence-electron chi connectivity index (χ4n) is 3.34. The molecule has 2 atom stereocenters. The molecule has 0 radical (unpaired) electrons. The monoisotopic (exact) mass is 274 g/mol. The van der Waals surface area contributed by atoms with Crippen molar-refractivity contribution in [2.45, 2.75) is 38.8 Å². The second-order valence-electron chi connectivity index (χ2n) is 6.16. The Labute approximate surface area is 122 Å². The van der Waals surface area contributed by atoms with Crippen LogP contribution in [0, 0.1) is 5.92 Å². The molecule has 2 unspecified atom stereocenters. The Kier molecular flexibility index (Phi) is 4.58. The lowest BCUT2D eigenvalue weighted by Gasteiger charge is -2.29. The molecule has 110 valence electrons. The van der Waals surface area contributed by atoms with Gasteiger partial charge in [-0.15, -0.1) is 0 Å². The Morgan fingerprint density at radius 3 is 2.55 bits per heavy atom. The molecule has 3 heteroatoms. The van der Waals surface area contributed by atoms with E-state index >= 15 is 0 Å². The molecule has 2 fully saturated rings. The van der Waals surface area contributed by atoms with Gasteiger partial charge in [-0.2, -0.15) is 0 Å². The van der Waals surface area contributed by atoms with Crippen molar-refractivity contribution in [3.05, 3.63) is 29.8 Å². The van der Waals surface area contributed by atoms with Gasteiger partial charge in [-0.25, -0.2) is 0 Å². The molecule has 1 heterocycles. The molecule has 0 bridgehead atoms. The average Bonchev–Trinajstić information content (AvgIpc) is 2.92. The van der Waals surface area contributed by atoms with Gasteiger partial charge in [0.2, 0.25) is 0 Å². The molecule has 1 aromatic carbocycles. The second-order valence-corrected chi connectivity index (χ2v) is 6.16. The highest BCUT2D eigenvalue weighted by Crippen LogP contribution is 2.25. The van der Waals surface area contributed by atoms with Crippen molar-refractivity contribution in [2.24, 2.45) is 5.92 Å². The normalized spacial score (nSPS) is 26.9. The van der Waals surface area contributed by atoms with E-state index in [9.17, 15) is 0 Å². The average molecular weight is 274 g/mol. The Balaban J connectivity index is 1.53. The number of benzene rings is 1. The molecular formula is C17H26N2O. The summed E-state index contributed by atoms with van der Waals surface area (Å²) in [6.45, 7) is 7.09. The molecule has 0 spiro atoms. The van der Waals surface area contributed by atoms with Crippen molar-refractivity contribution in [3.63, 3.8) is 0 Å². The van der Waals surface area contributed by atoms with Crippen LogP contribution in [0.5, 0.6) is 0 Å². The van der Waals surface area contributed by atoms with E-state index in [2.05, 4.69) is 41.4 Å². The van der Waals surface area contributed by atoms with Crippen LogP contribution in [0.4, 0.5) is 5.69 Å². The zero-order valence-corrected chi connectivity index (χ0v) is 12.5. The Morgan fingerprint density at radius 2 is 1.90 bits per heavy atom. The van der Waals surface area contributed by atoms with Gasteiger partial charge in [0.25, 0.3) is 0 Å². The minimum Gasteiger partial charge on any atom is -0.378 e. The van der Waals surface area contributed by atoms with Gasteiger partial charge in [0, 0.05) is 31.4 Å². The van der Waals surface area contributed by atoms with E-state index in [0.29, 0.717) is 6.04 Å². The summed E-state index contributed by atoms with van der Waals surface area (Å²) in [5.74, 6) is 0.836. The molecule has 1 saturated heterocycles. The van der Waals surface area contributed by atoms with Crippen LogP contribution in [0.2, 0.25) is 0 Å². The summed E-state index contributed by atoms with van der Waals surface area (Å²) in [6.07, 6.45) is 4.11. The van der Waals surface area contributed by atoms with Gasteiger partial charge in [-0.3, -0.25) is 0 Å². The lowest BCUT2D eigenvalue weighted by Crippen LogP contribution is -2.36. The van der Waals surface area contributed by atoms with Crippen LogP contribution >= 0.6 is 0 Å². The van der Waals surface area contributed by atoms with Crippen molar-refractivity contribution in [1.82, 2.24) is 5.32 Å². The fourth-order valence-corrected chi connectivity index (χ4v) is 3.34. The standard InChI is InChI=1S/C17H26N2O/c1-14-3-2-4-17(14)18-13-15-5-7-16(8-6-15)19-9-11-20-12-10-19/h5-8,14,17-18H,2-4,9-13H2,1H3. The third kappa shape index (κ3) is 3.33. The van der Waals surface area contributed by atoms with Gasteiger partial charge in [-0.1, -0.05) is 25.5 Å².